The molecule has 5 saturated carbocycles. The molecule has 6 rings (SSSR count). The van der Waals surface area contributed by atoms with Gasteiger partial charge in [0, 0.05) is 24.9 Å². The first-order valence-electron chi connectivity index (χ1n) is 10.6. The summed E-state index contributed by atoms with van der Waals surface area (Å²) in [6.07, 6.45) is 12.0. The molecule has 1 heterocycles. The molecule has 6 aliphatic rings. The van der Waals surface area contributed by atoms with Crippen LogP contribution in [0.3, 0.4) is 0 Å². The summed E-state index contributed by atoms with van der Waals surface area (Å²) in [5.41, 5.74) is -0.433. The van der Waals surface area contributed by atoms with Crippen molar-refractivity contribution in [2.75, 3.05) is 13.1 Å². The average Bonchev–Trinajstić information content (AvgIpc) is 2.84. The van der Waals surface area contributed by atoms with Gasteiger partial charge in [0.25, 0.3) is 0 Å². The molecule has 0 aromatic rings. The molecule has 0 radical (unpaired) electrons. The number of amides is 1. The first-order valence-corrected chi connectivity index (χ1v) is 10.6. The molecule has 1 aliphatic heterocycles. The molecule has 1 spiro atoms. The van der Waals surface area contributed by atoms with Crippen molar-refractivity contribution in [1.29, 1.82) is 0 Å². The number of aliphatic hydroxyl groups is 2. The van der Waals surface area contributed by atoms with Crippen LogP contribution >= 0.6 is 0 Å². The molecule has 4 atom stereocenters. The van der Waals surface area contributed by atoms with E-state index in [-0.39, 0.29) is 16.9 Å². The van der Waals surface area contributed by atoms with Crippen LogP contribution in [0, 0.1) is 22.7 Å². The van der Waals surface area contributed by atoms with Gasteiger partial charge in [-0.05, 0) is 81.5 Å². The maximum atomic E-state index is 13.2. The Bertz CT molecular complexity index is 561. The lowest BCUT2D eigenvalue weighted by Gasteiger charge is -2.60. The van der Waals surface area contributed by atoms with Gasteiger partial charge in [-0.3, -0.25) is 4.79 Å². The third-order valence-corrected chi connectivity index (χ3v) is 8.50. The van der Waals surface area contributed by atoms with E-state index in [2.05, 4.69) is 4.90 Å². The van der Waals surface area contributed by atoms with Gasteiger partial charge in [0.2, 0.25) is 5.91 Å². The fourth-order valence-electron chi connectivity index (χ4n) is 8.01. The average molecular weight is 347 g/mol. The molecular weight excluding hydrogens is 314 g/mol. The molecule has 6 fully saturated rings. The highest BCUT2D eigenvalue weighted by Crippen LogP contribution is 2.63. The summed E-state index contributed by atoms with van der Waals surface area (Å²) in [6, 6.07) is 0. The van der Waals surface area contributed by atoms with Crippen molar-refractivity contribution in [1.82, 2.24) is 4.90 Å². The van der Waals surface area contributed by atoms with Crippen molar-refractivity contribution >= 4 is 5.91 Å². The largest absolute Gasteiger partial charge is 0.392 e. The Morgan fingerprint density at radius 1 is 1.08 bits per heavy atom. The molecule has 4 bridgehead atoms. The summed E-state index contributed by atoms with van der Waals surface area (Å²) in [6.45, 7) is 1.63. The molecule has 1 amide bonds. The zero-order chi connectivity index (χ0) is 17.3. The van der Waals surface area contributed by atoms with Crippen LogP contribution in [-0.2, 0) is 4.79 Å². The van der Waals surface area contributed by atoms with Crippen LogP contribution in [0.1, 0.15) is 77.0 Å². The maximum absolute atomic E-state index is 13.2. The van der Waals surface area contributed by atoms with Gasteiger partial charge in [0.05, 0.1) is 11.7 Å². The van der Waals surface area contributed by atoms with E-state index in [4.69, 9.17) is 0 Å². The summed E-state index contributed by atoms with van der Waals surface area (Å²) in [5.74, 6) is 1.58. The molecule has 0 aromatic heterocycles. The van der Waals surface area contributed by atoms with Gasteiger partial charge in [-0.25, -0.2) is 0 Å². The van der Waals surface area contributed by atoms with Gasteiger partial charge >= 0.3 is 0 Å². The molecule has 2 unspecified atom stereocenters. The molecule has 2 N–H and O–H groups in total. The Morgan fingerprint density at radius 3 is 2.44 bits per heavy atom. The van der Waals surface area contributed by atoms with Crippen molar-refractivity contribution in [3.8, 4) is 0 Å². The van der Waals surface area contributed by atoms with Crippen molar-refractivity contribution < 1.29 is 15.0 Å². The van der Waals surface area contributed by atoms with Gasteiger partial charge in [-0.1, -0.05) is 6.42 Å². The molecule has 1 saturated heterocycles. The first kappa shape index (κ1) is 16.6. The van der Waals surface area contributed by atoms with Crippen molar-refractivity contribution in [3.63, 3.8) is 0 Å². The number of piperidine rings is 1. The van der Waals surface area contributed by atoms with Gasteiger partial charge < -0.3 is 15.1 Å². The van der Waals surface area contributed by atoms with E-state index < -0.39 is 5.60 Å². The molecule has 0 aromatic carbocycles. The number of hydrogen-bond acceptors (Lipinski definition) is 3. The first-order chi connectivity index (χ1) is 11.9. The van der Waals surface area contributed by atoms with Crippen LogP contribution in [0.25, 0.3) is 0 Å². The zero-order valence-corrected chi connectivity index (χ0v) is 15.4. The van der Waals surface area contributed by atoms with E-state index >= 15 is 0 Å². The standard InChI is InChI=1S/C21H33NO3/c23-17-3-1-4-20(17)5-2-6-22(14-20)18(24)12-19-8-15-7-16(9-19)11-21(25,10-15)13-19/h15-17,23,25H,1-14H2/t15?,16?,17-,19?,20+,21?/m1/s1. The second kappa shape index (κ2) is 5.45. The van der Waals surface area contributed by atoms with Crippen molar-refractivity contribution in [2.45, 2.75) is 88.8 Å². The third-order valence-electron chi connectivity index (χ3n) is 8.50. The van der Waals surface area contributed by atoms with E-state index in [1.165, 1.54) is 6.42 Å². The topological polar surface area (TPSA) is 60.8 Å². The fourth-order valence-corrected chi connectivity index (χ4v) is 8.01. The number of aliphatic hydroxyl groups excluding tert-OH is 1. The summed E-state index contributed by atoms with van der Waals surface area (Å²) >= 11 is 0. The summed E-state index contributed by atoms with van der Waals surface area (Å²) in [4.78, 5) is 15.3. The van der Waals surface area contributed by atoms with Gasteiger partial charge in [-0.15, -0.1) is 0 Å². The highest BCUT2D eigenvalue weighted by Gasteiger charge is 2.58. The van der Waals surface area contributed by atoms with Crippen LogP contribution in [0.2, 0.25) is 0 Å². The lowest BCUT2D eigenvalue weighted by molar-refractivity contribution is -0.173. The SMILES string of the molecule is O=C(CC12CC3CC(CC(O)(C3)C1)C2)N1CCC[C@@]2(CCC[C@H]2O)C1. The number of carbonyl (C=O) groups is 1. The number of rotatable bonds is 2. The summed E-state index contributed by atoms with van der Waals surface area (Å²) in [7, 11) is 0. The molecule has 5 aliphatic carbocycles. The second-order valence-corrected chi connectivity index (χ2v) is 10.6. The van der Waals surface area contributed by atoms with E-state index in [9.17, 15) is 15.0 Å². The third kappa shape index (κ3) is 2.66. The van der Waals surface area contributed by atoms with Crippen LogP contribution < -0.4 is 0 Å². The van der Waals surface area contributed by atoms with Crippen molar-refractivity contribution in [3.05, 3.63) is 0 Å². The number of likely N-dealkylation sites (tertiary alicyclic amines) is 1. The molecular formula is C21H33NO3. The van der Waals surface area contributed by atoms with Gasteiger partial charge in [0.15, 0.2) is 0 Å². The summed E-state index contributed by atoms with van der Waals surface area (Å²) < 4.78 is 0. The molecule has 25 heavy (non-hydrogen) atoms. The molecule has 4 nitrogen and oxygen atoms in total. The molecule has 4 heteroatoms. The van der Waals surface area contributed by atoms with E-state index in [1.54, 1.807) is 0 Å². The predicted octanol–water partition coefficient (Wildman–Crippen LogP) is 2.86. The Labute approximate surface area is 151 Å². The predicted molar refractivity (Wildman–Crippen MR) is 94.8 cm³/mol. The van der Waals surface area contributed by atoms with Crippen LogP contribution in [-0.4, -0.2) is 45.8 Å². The second-order valence-electron chi connectivity index (χ2n) is 10.6. The van der Waals surface area contributed by atoms with Crippen molar-refractivity contribution in [2.24, 2.45) is 22.7 Å². The number of carbonyl (C=O) groups excluding carboxylic acids is 1. The zero-order valence-electron chi connectivity index (χ0n) is 15.4. The smallest absolute Gasteiger partial charge is 0.223 e. The van der Waals surface area contributed by atoms with Gasteiger partial charge in [-0.2, -0.15) is 0 Å². The Balaban J connectivity index is 1.30. The normalized spacial score (nSPS) is 51.4. The van der Waals surface area contributed by atoms with Gasteiger partial charge in [0.1, 0.15) is 0 Å². The van der Waals surface area contributed by atoms with Crippen LogP contribution in [0.4, 0.5) is 0 Å². The van der Waals surface area contributed by atoms with E-state index in [1.807, 2.05) is 0 Å². The number of nitrogens with zero attached hydrogens (tertiary/aromatic N) is 1. The van der Waals surface area contributed by atoms with E-state index in [0.29, 0.717) is 24.2 Å². The minimum atomic E-state index is -0.477. The lowest BCUT2D eigenvalue weighted by Crippen LogP contribution is -2.57. The highest BCUT2D eigenvalue weighted by atomic mass is 16.3. The van der Waals surface area contributed by atoms with E-state index in [0.717, 1.165) is 77.3 Å². The summed E-state index contributed by atoms with van der Waals surface area (Å²) in [5, 5.41) is 21.4. The fraction of sp³-hybridized carbons (Fsp3) is 0.952. The Kier molecular flexibility index (Phi) is 3.61. The quantitative estimate of drug-likeness (QED) is 0.807. The van der Waals surface area contributed by atoms with Crippen LogP contribution in [0.5, 0.6) is 0 Å². The minimum Gasteiger partial charge on any atom is -0.392 e. The minimum absolute atomic E-state index is 0.0203. The Morgan fingerprint density at radius 2 is 1.80 bits per heavy atom. The lowest BCUT2D eigenvalue weighted by atomic mass is 9.47. The number of hydrogen-bond donors (Lipinski definition) is 2. The Hall–Kier alpha value is -0.610. The van der Waals surface area contributed by atoms with Crippen LogP contribution in [0.15, 0.2) is 0 Å². The maximum Gasteiger partial charge on any atom is 0.223 e. The monoisotopic (exact) mass is 347 g/mol. The molecule has 140 valence electrons. The highest BCUT2D eigenvalue weighted by molar-refractivity contribution is 5.77.